The van der Waals surface area contributed by atoms with E-state index in [1.165, 1.54) is 57.9 Å². The zero-order valence-electron chi connectivity index (χ0n) is 10.8. The van der Waals surface area contributed by atoms with Gasteiger partial charge in [0.15, 0.2) is 0 Å². The Balaban J connectivity index is 1.63. The summed E-state index contributed by atoms with van der Waals surface area (Å²) in [4.78, 5) is 0. The lowest BCUT2D eigenvalue weighted by molar-refractivity contribution is 0.252. The molecule has 2 saturated carbocycles. The summed E-state index contributed by atoms with van der Waals surface area (Å²) < 4.78 is 0. The van der Waals surface area contributed by atoms with E-state index in [2.05, 4.69) is 12.2 Å². The van der Waals surface area contributed by atoms with E-state index in [-0.39, 0.29) is 0 Å². The molecule has 2 fully saturated rings. The fourth-order valence-electron chi connectivity index (χ4n) is 3.40. The van der Waals surface area contributed by atoms with Crippen molar-refractivity contribution in [3.8, 4) is 0 Å². The second-order valence-corrected chi connectivity index (χ2v) is 6.16. The molecule has 0 aliphatic heterocycles. The van der Waals surface area contributed by atoms with Crippen molar-refractivity contribution in [3.63, 3.8) is 0 Å². The summed E-state index contributed by atoms with van der Waals surface area (Å²) in [7, 11) is 0. The van der Waals surface area contributed by atoms with E-state index in [1.54, 1.807) is 0 Å². The molecule has 0 aromatic carbocycles. The first-order valence-electron chi connectivity index (χ1n) is 7.23. The SMILES string of the molecule is CC1CCCC(CNC2CCC(N)CC2)C1. The van der Waals surface area contributed by atoms with E-state index >= 15 is 0 Å². The van der Waals surface area contributed by atoms with E-state index < -0.39 is 0 Å². The quantitative estimate of drug-likeness (QED) is 0.773. The maximum Gasteiger partial charge on any atom is 0.00683 e. The van der Waals surface area contributed by atoms with Crippen LogP contribution in [-0.2, 0) is 0 Å². The average Bonchev–Trinajstić information content (AvgIpc) is 2.28. The van der Waals surface area contributed by atoms with Crippen LogP contribution < -0.4 is 11.1 Å². The van der Waals surface area contributed by atoms with Gasteiger partial charge in [-0.3, -0.25) is 0 Å². The van der Waals surface area contributed by atoms with Gasteiger partial charge in [0.2, 0.25) is 0 Å². The first kappa shape index (κ1) is 12.4. The van der Waals surface area contributed by atoms with Crippen LogP contribution in [0.3, 0.4) is 0 Å². The second-order valence-electron chi connectivity index (χ2n) is 6.16. The van der Waals surface area contributed by atoms with Crippen LogP contribution in [0, 0.1) is 11.8 Å². The molecule has 94 valence electrons. The van der Waals surface area contributed by atoms with Crippen LogP contribution in [0.5, 0.6) is 0 Å². The van der Waals surface area contributed by atoms with Crippen molar-refractivity contribution in [1.82, 2.24) is 5.32 Å². The number of hydrogen-bond donors (Lipinski definition) is 2. The van der Waals surface area contributed by atoms with E-state index in [0.29, 0.717) is 6.04 Å². The molecule has 0 heterocycles. The minimum atomic E-state index is 0.479. The van der Waals surface area contributed by atoms with Gasteiger partial charge < -0.3 is 11.1 Å². The predicted octanol–water partition coefficient (Wildman–Crippen LogP) is 2.67. The van der Waals surface area contributed by atoms with Gasteiger partial charge in [-0.2, -0.15) is 0 Å². The summed E-state index contributed by atoms with van der Waals surface area (Å²) in [5.41, 5.74) is 5.93. The van der Waals surface area contributed by atoms with Gasteiger partial charge in [-0.05, 0) is 56.9 Å². The third-order valence-electron chi connectivity index (χ3n) is 4.51. The summed E-state index contributed by atoms with van der Waals surface area (Å²) >= 11 is 0. The predicted molar refractivity (Wildman–Crippen MR) is 69.4 cm³/mol. The summed E-state index contributed by atoms with van der Waals surface area (Å²) in [5.74, 6) is 1.90. The van der Waals surface area contributed by atoms with Crippen molar-refractivity contribution in [1.29, 1.82) is 0 Å². The lowest BCUT2D eigenvalue weighted by Gasteiger charge is -2.31. The maximum absolute atomic E-state index is 5.93. The van der Waals surface area contributed by atoms with Crippen molar-refractivity contribution in [2.45, 2.75) is 70.4 Å². The number of nitrogens with one attached hydrogen (secondary N) is 1. The third-order valence-corrected chi connectivity index (χ3v) is 4.51. The Morgan fingerprint density at radius 2 is 1.81 bits per heavy atom. The monoisotopic (exact) mass is 224 g/mol. The molecule has 2 unspecified atom stereocenters. The lowest BCUT2D eigenvalue weighted by Crippen LogP contribution is -2.40. The molecule has 2 heteroatoms. The van der Waals surface area contributed by atoms with Crippen LogP contribution in [0.4, 0.5) is 0 Å². The molecule has 0 radical (unpaired) electrons. The molecular formula is C14H28N2. The standard InChI is InChI=1S/C14H28N2/c1-11-3-2-4-12(9-11)10-16-14-7-5-13(15)6-8-14/h11-14,16H,2-10,15H2,1H3. The largest absolute Gasteiger partial charge is 0.328 e. The highest BCUT2D eigenvalue weighted by atomic mass is 14.9. The number of rotatable bonds is 3. The lowest BCUT2D eigenvalue weighted by atomic mass is 9.82. The normalized spacial score (nSPS) is 40.9. The van der Waals surface area contributed by atoms with Gasteiger partial charge in [-0.15, -0.1) is 0 Å². The molecule has 0 saturated heterocycles. The van der Waals surface area contributed by atoms with Crippen molar-refractivity contribution >= 4 is 0 Å². The van der Waals surface area contributed by atoms with Gasteiger partial charge in [-0.25, -0.2) is 0 Å². The Hall–Kier alpha value is -0.0800. The molecule has 2 nitrogen and oxygen atoms in total. The smallest absolute Gasteiger partial charge is 0.00683 e. The molecule has 0 bridgehead atoms. The summed E-state index contributed by atoms with van der Waals surface area (Å²) in [5, 5.41) is 3.78. The van der Waals surface area contributed by atoms with Crippen molar-refractivity contribution < 1.29 is 0 Å². The highest BCUT2D eigenvalue weighted by molar-refractivity contribution is 4.80. The molecule has 0 aromatic heterocycles. The van der Waals surface area contributed by atoms with Crippen molar-refractivity contribution in [3.05, 3.63) is 0 Å². The topological polar surface area (TPSA) is 38.0 Å². The molecule has 2 aliphatic rings. The van der Waals surface area contributed by atoms with Crippen LogP contribution in [0.15, 0.2) is 0 Å². The number of nitrogens with two attached hydrogens (primary N) is 1. The van der Waals surface area contributed by atoms with Crippen LogP contribution in [0.25, 0.3) is 0 Å². The summed E-state index contributed by atoms with van der Waals surface area (Å²) in [6, 6.07) is 1.24. The summed E-state index contributed by atoms with van der Waals surface area (Å²) in [6.45, 7) is 3.66. The Morgan fingerprint density at radius 3 is 2.50 bits per heavy atom. The fourth-order valence-corrected chi connectivity index (χ4v) is 3.40. The zero-order chi connectivity index (χ0) is 11.4. The molecule has 2 atom stereocenters. The zero-order valence-corrected chi connectivity index (χ0v) is 10.8. The highest BCUT2D eigenvalue weighted by Gasteiger charge is 2.22. The maximum atomic E-state index is 5.93. The third kappa shape index (κ3) is 3.74. The Bertz CT molecular complexity index is 197. The van der Waals surface area contributed by atoms with Crippen LogP contribution in [-0.4, -0.2) is 18.6 Å². The minimum absolute atomic E-state index is 0.479. The summed E-state index contributed by atoms with van der Waals surface area (Å²) in [6.07, 6.45) is 10.8. The molecule has 2 aliphatic carbocycles. The van der Waals surface area contributed by atoms with Gasteiger partial charge >= 0.3 is 0 Å². The molecule has 16 heavy (non-hydrogen) atoms. The average molecular weight is 224 g/mol. The van der Waals surface area contributed by atoms with Gasteiger partial charge in [0.25, 0.3) is 0 Å². The van der Waals surface area contributed by atoms with Crippen LogP contribution >= 0.6 is 0 Å². The van der Waals surface area contributed by atoms with Gasteiger partial charge in [0.05, 0.1) is 0 Å². The molecule has 2 rings (SSSR count). The first-order valence-corrected chi connectivity index (χ1v) is 7.23. The van der Waals surface area contributed by atoms with Gasteiger partial charge in [0.1, 0.15) is 0 Å². The van der Waals surface area contributed by atoms with Gasteiger partial charge in [0, 0.05) is 12.1 Å². The highest BCUT2D eigenvalue weighted by Crippen LogP contribution is 2.28. The fraction of sp³-hybridized carbons (Fsp3) is 1.00. The minimum Gasteiger partial charge on any atom is -0.328 e. The van der Waals surface area contributed by atoms with Gasteiger partial charge in [-0.1, -0.05) is 19.8 Å². The molecule has 3 N–H and O–H groups in total. The van der Waals surface area contributed by atoms with E-state index in [9.17, 15) is 0 Å². The van der Waals surface area contributed by atoms with E-state index in [4.69, 9.17) is 5.73 Å². The molecular weight excluding hydrogens is 196 g/mol. The van der Waals surface area contributed by atoms with Crippen LogP contribution in [0.2, 0.25) is 0 Å². The van der Waals surface area contributed by atoms with E-state index in [0.717, 1.165) is 17.9 Å². The number of hydrogen-bond acceptors (Lipinski definition) is 2. The van der Waals surface area contributed by atoms with Crippen molar-refractivity contribution in [2.75, 3.05) is 6.54 Å². The Kier molecular flexibility index (Phi) is 4.66. The Labute approximate surface area is 100 Å². The second kappa shape index (κ2) is 6.02. The van der Waals surface area contributed by atoms with Crippen LogP contribution in [0.1, 0.15) is 58.3 Å². The molecule has 0 spiro atoms. The van der Waals surface area contributed by atoms with E-state index in [1.807, 2.05) is 0 Å². The molecule has 0 aromatic rings. The molecule has 0 amide bonds. The Morgan fingerprint density at radius 1 is 1.06 bits per heavy atom. The first-order chi connectivity index (χ1) is 7.74. The van der Waals surface area contributed by atoms with Crippen molar-refractivity contribution in [2.24, 2.45) is 17.6 Å².